The Hall–Kier alpha value is -2.42. The molecule has 0 radical (unpaired) electrons. The van der Waals surface area contributed by atoms with Crippen molar-refractivity contribution in [3.8, 4) is 0 Å². The largest absolute Gasteiger partial charge is 0.466 e. The van der Waals surface area contributed by atoms with Crippen LogP contribution in [0.5, 0.6) is 0 Å². The molecule has 0 bridgehead atoms. The molecule has 1 aliphatic carbocycles. The van der Waals surface area contributed by atoms with Gasteiger partial charge in [0.05, 0.1) is 23.8 Å². The maximum Gasteiger partial charge on any atom is 0.311 e. The summed E-state index contributed by atoms with van der Waals surface area (Å²) in [7, 11) is 0. The lowest BCUT2D eigenvalue weighted by molar-refractivity contribution is -0.145. The van der Waals surface area contributed by atoms with E-state index in [1.54, 1.807) is 0 Å². The SMILES string of the molecule is CCOC(=O)[C@@H]1C[C@@]1(C)N=C(c1ccccc1)c1ccccc1. The minimum atomic E-state index is -0.368. The molecule has 23 heavy (non-hydrogen) atoms. The van der Waals surface area contributed by atoms with Crippen LogP contribution >= 0.6 is 0 Å². The first-order valence-corrected chi connectivity index (χ1v) is 8.01. The first-order chi connectivity index (χ1) is 11.1. The number of carbonyl (C=O) groups is 1. The van der Waals surface area contributed by atoms with E-state index in [1.807, 2.05) is 50.2 Å². The number of hydrogen-bond acceptors (Lipinski definition) is 3. The maximum atomic E-state index is 12.0. The maximum absolute atomic E-state index is 12.0. The van der Waals surface area contributed by atoms with Gasteiger partial charge in [0.15, 0.2) is 0 Å². The van der Waals surface area contributed by atoms with Gasteiger partial charge in [0.25, 0.3) is 0 Å². The van der Waals surface area contributed by atoms with E-state index in [4.69, 9.17) is 9.73 Å². The van der Waals surface area contributed by atoms with Crippen LogP contribution in [0.15, 0.2) is 65.7 Å². The van der Waals surface area contributed by atoms with E-state index in [0.717, 1.165) is 23.3 Å². The molecule has 3 rings (SSSR count). The van der Waals surface area contributed by atoms with Crippen molar-refractivity contribution in [3.63, 3.8) is 0 Å². The molecular formula is C20H21NO2. The third-order valence-electron chi connectivity index (χ3n) is 4.24. The molecule has 0 aromatic heterocycles. The van der Waals surface area contributed by atoms with Gasteiger partial charge in [-0.15, -0.1) is 0 Å². The first kappa shape index (κ1) is 15.5. The van der Waals surface area contributed by atoms with Crippen LogP contribution in [0.1, 0.15) is 31.4 Å². The predicted octanol–water partition coefficient (Wildman–Crippen LogP) is 3.87. The van der Waals surface area contributed by atoms with Crippen molar-refractivity contribution < 1.29 is 9.53 Å². The van der Waals surface area contributed by atoms with Crippen LogP contribution in [-0.2, 0) is 9.53 Å². The summed E-state index contributed by atoms with van der Waals surface area (Å²) in [5.41, 5.74) is 2.69. The fourth-order valence-corrected chi connectivity index (χ4v) is 2.80. The summed E-state index contributed by atoms with van der Waals surface area (Å²) in [6.07, 6.45) is 0.745. The molecule has 0 aliphatic heterocycles. The average molecular weight is 307 g/mol. The number of aliphatic imine (C=N–C) groups is 1. The van der Waals surface area contributed by atoms with Crippen LogP contribution in [0.25, 0.3) is 0 Å². The van der Waals surface area contributed by atoms with E-state index in [1.165, 1.54) is 0 Å². The Bertz CT molecular complexity index is 667. The molecule has 0 amide bonds. The summed E-state index contributed by atoms with van der Waals surface area (Å²) >= 11 is 0. The second kappa shape index (κ2) is 6.37. The van der Waals surface area contributed by atoms with Crippen molar-refractivity contribution in [1.82, 2.24) is 0 Å². The van der Waals surface area contributed by atoms with Gasteiger partial charge in [-0.2, -0.15) is 0 Å². The molecule has 2 aromatic rings. The zero-order valence-corrected chi connectivity index (χ0v) is 13.5. The Morgan fingerprint density at radius 3 is 2.09 bits per heavy atom. The van der Waals surface area contributed by atoms with Crippen molar-refractivity contribution in [2.75, 3.05) is 6.61 Å². The molecule has 0 saturated heterocycles. The van der Waals surface area contributed by atoms with Crippen molar-refractivity contribution in [2.45, 2.75) is 25.8 Å². The standard InChI is InChI=1S/C20H21NO2/c1-3-23-19(22)17-14-20(17,2)21-18(15-10-6-4-7-11-15)16-12-8-5-9-13-16/h4-13,17H,3,14H2,1-2H3/t17-,20+/m0/s1. The van der Waals surface area contributed by atoms with E-state index >= 15 is 0 Å². The monoisotopic (exact) mass is 307 g/mol. The summed E-state index contributed by atoms with van der Waals surface area (Å²) < 4.78 is 5.15. The molecule has 1 fully saturated rings. The van der Waals surface area contributed by atoms with E-state index in [2.05, 4.69) is 24.3 Å². The van der Waals surface area contributed by atoms with E-state index in [9.17, 15) is 4.79 Å². The van der Waals surface area contributed by atoms with Crippen LogP contribution < -0.4 is 0 Å². The van der Waals surface area contributed by atoms with E-state index < -0.39 is 0 Å². The molecule has 118 valence electrons. The average Bonchev–Trinajstić information content (AvgIpc) is 3.27. The van der Waals surface area contributed by atoms with Crippen molar-refractivity contribution in [3.05, 3.63) is 71.8 Å². The molecule has 1 aliphatic rings. The predicted molar refractivity (Wildman–Crippen MR) is 91.7 cm³/mol. The van der Waals surface area contributed by atoms with Gasteiger partial charge >= 0.3 is 5.97 Å². The lowest BCUT2D eigenvalue weighted by Crippen LogP contribution is -2.17. The topological polar surface area (TPSA) is 38.7 Å². The number of hydrogen-bond donors (Lipinski definition) is 0. The van der Waals surface area contributed by atoms with Gasteiger partial charge in [-0.1, -0.05) is 60.7 Å². The highest BCUT2D eigenvalue weighted by molar-refractivity contribution is 6.13. The highest BCUT2D eigenvalue weighted by atomic mass is 16.5. The number of nitrogens with zero attached hydrogens (tertiary/aromatic N) is 1. The number of esters is 1. The number of benzene rings is 2. The summed E-state index contributed by atoms with van der Waals surface area (Å²) in [6, 6.07) is 20.2. The van der Waals surface area contributed by atoms with Crippen LogP contribution in [0.3, 0.4) is 0 Å². The molecule has 0 heterocycles. The summed E-state index contributed by atoms with van der Waals surface area (Å²) in [5, 5.41) is 0. The lowest BCUT2D eigenvalue weighted by atomic mass is 10.0. The smallest absolute Gasteiger partial charge is 0.311 e. The minimum absolute atomic E-state index is 0.134. The third-order valence-corrected chi connectivity index (χ3v) is 4.24. The number of rotatable bonds is 5. The molecule has 2 atom stereocenters. The number of carbonyl (C=O) groups excluding carboxylic acids is 1. The fourth-order valence-electron chi connectivity index (χ4n) is 2.80. The quantitative estimate of drug-likeness (QED) is 0.621. The molecule has 3 heteroatoms. The van der Waals surface area contributed by atoms with Gasteiger partial charge in [-0.25, -0.2) is 0 Å². The third kappa shape index (κ3) is 3.34. The second-order valence-electron chi connectivity index (χ2n) is 6.06. The zero-order chi connectivity index (χ0) is 16.3. The Kier molecular flexibility index (Phi) is 4.28. The van der Waals surface area contributed by atoms with Crippen LogP contribution in [0, 0.1) is 5.92 Å². The zero-order valence-electron chi connectivity index (χ0n) is 13.5. The Morgan fingerprint density at radius 2 is 1.61 bits per heavy atom. The van der Waals surface area contributed by atoms with Crippen LogP contribution in [0.2, 0.25) is 0 Å². The van der Waals surface area contributed by atoms with Crippen molar-refractivity contribution >= 4 is 11.7 Å². The minimum Gasteiger partial charge on any atom is -0.466 e. The van der Waals surface area contributed by atoms with Crippen LogP contribution in [0.4, 0.5) is 0 Å². The normalized spacial score (nSPS) is 22.3. The summed E-state index contributed by atoms with van der Waals surface area (Å²) in [5.74, 6) is -0.274. The Morgan fingerprint density at radius 1 is 1.09 bits per heavy atom. The molecule has 1 saturated carbocycles. The lowest BCUT2D eigenvalue weighted by Gasteiger charge is -2.12. The van der Waals surface area contributed by atoms with Crippen LogP contribution in [-0.4, -0.2) is 23.8 Å². The molecule has 0 N–H and O–H groups in total. The van der Waals surface area contributed by atoms with E-state index in [-0.39, 0.29) is 17.4 Å². The van der Waals surface area contributed by atoms with Crippen molar-refractivity contribution in [2.24, 2.45) is 10.9 Å². The summed E-state index contributed by atoms with van der Waals surface area (Å²) in [4.78, 5) is 16.9. The second-order valence-corrected chi connectivity index (χ2v) is 6.06. The Labute approximate surface area is 137 Å². The highest BCUT2D eigenvalue weighted by Gasteiger charge is 2.56. The molecule has 2 aromatic carbocycles. The van der Waals surface area contributed by atoms with E-state index in [0.29, 0.717) is 6.61 Å². The van der Waals surface area contributed by atoms with Crippen molar-refractivity contribution in [1.29, 1.82) is 0 Å². The molecule has 0 spiro atoms. The van der Waals surface area contributed by atoms with Gasteiger partial charge in [0, 0.05) is 11.1 Å². The molecule has 0 unspecified atom stereocenters. The highest BCUT2D eigenvalue weighted by Crippen LogP contribution is 2.48. The molecule has 3 nitrogen and oxygen atoms in total. The first-order valence-electron chi connectivity index (χ1n) is 8.01. The van der Waals surface area contributed by atoms with Gasteiger partial charge in [-0.05, 0) is 20.3 Å². The van der Waals surface area contributed by atoms with Gasteiger partial charge in [-0.3, -0.25) is 9.79 Å². The fraction of sp³-hybridized carbons (Fsp3) is 0.300. The molecular weight excluding hydrogens is 286 g/mol. The number of ether oxygens (including phenoxy) is 1. The Balaban J connectivity index is 1.96. The van der Waals surface area contributed by atoms with Gasteiger partial charge in [0.2, 0.25) is 0 Å². The summed E-state index contributed by atoms with van der Waals surface area (Å²) in [6.45, 7) is 4.28. The van der Waals surface area contributed by atoms with Gasteiger partial charge < -0.3 is 4.74 Å². The van der Waals surface area contributed by atoms with Gasteiger partial charge in [0.1, 0.15) is 0 Å².